The predicted molar refractivity (Wildman–Crippen MR) is 103 cm³/mol. The standard InChI is InChI=1S/C22H28N2O2/c1-16(21(23)18-11-6-3-7-12-18)22(26)24-14-8-13-19(24)15-20(25)17-9-4-2-5-10-17/h2-7,9-12,16,19-21,25H,8,13-15,23H2,1H3. The summed E-state index contributed by atoms with van der Waals surface area (Å²) in [4.78, 5) is 15.0. The van der Waals surface area contributed by atoms with Gasteiger partial charge in [0.1, 0.15) is 0 Å². The summed E-state index contributed by atoms with van der Waals surface area (Å²) in [5, 5.41) is 10.5. The van der Waals surface area contributed by atoms with Gasteiger partial charge in [-0.25, -0.2) is 0 Å². The van der Waals surface area contributed by atoms with E-state index in [2.05, 4.69) is 0 Å². The molecule has 1 fully saturated rings. The van der Waals surface area contributed by atoms with Gasteiger partial charge in [0.15, 0.2) is 0 Å². The number of nitrogens with two attached hydrogens (primary N) is 1. The Hall–Kier alpha value is -2.17. The van der Waals surface area contributed by atoms with Gasteiger partial charge in [0.25, 0.3) is 0 Å². The van der Waals surface area contributed by atoms with Crippen LogP contribution in [0.2, 0.25) is 0 Å². The summed E-state index contributed by atoms with van der Waals surface area (Å²) < 4.78 is 0. The van der Waals surface area contributed by atoms with Crippen LogP contribution in [0.5, 0.6) is 0 Å². The van der Waals surface area contributed by atoms with Crippen LogP contribution < -0.4 is 5.73 Å². The van der Waals surface area contributed by atoms with Crippen molar-refractivity contribution in [3.8, 4) is 0 Å². The Labute approximate surface area is 155 Å². The highest BCUT2D eigenvalue weighted by molar-refractivity contribution is 5.80. The second-order valence-electron chi connectivity index (χ2n) is 7.22. The number of benzene rings is 2. The average Bonchev–Trinajstić information content (AvgIpc) is 3.15. The summed E-state index contributed by atoms with van der Waals surface area (Å²) in [7, 11) is 0. The van der Waals surface area contributed by atoms with Gasteiger partial charge in [-0.3, -0.25) is 4.79 Å². The van der Waals surface area contributed by atoms with Gasteiger partial charge >= 0.3 is 0 Å². The largest absolute Gasteiger partial charge is 0.388 e. The molecule has 1 aliphatic rings. The minimum Gasteiger partial charge on any atom is -0.388 e. The van der Waals surface area contributed by atoms with Crippen molar-refractivity contribution in [1.29, 1.82) is 0 Å². The summed E-state index contributed by atoms with van der Waals surface area (Å²) in [6.45, 7) is 2.65. The first-order valence-corrected chi connectivity index (χ1v) is 9.42. The second kappa shape index (κ2) is 8.47. The average molecular weight is 352 g/mol. The van der Waals surface area contributed by atoms with E-state index in [-0.39, 0.29) is 23.9 Å². The lowest BCUT2D eigenvalue weighted by molar-refractivity contribution is -0.137. The van der Waals surface area contributed by atoms with E-state index in [4.69, 9.17) is 5.73 Å². The van der Waals surface area contributed by atoms with E-state index in [1.807, 2.05) is 72.5 Å². The lowest BCUT2D eigenvalue weighted by Crippen LogP contribution is -2.42. The molecule has 1 heterocycles. The Bertz CT molecular complexity index is 705. The molecule has 1 amide bonds. The molecule has 0 radical (unpaired) electrons. The first-order valence-electron chi connectivity index (χ1n) is 9.42. The fourth-order valence-corrected chi connectivity index (χ4v) is 3.82. The lowest BCUT2D eigenvalue weighted by atomic mass is 9.93. The molecule has 4 heteroatoms. The molecular weight excluding hydrogens is 324 g/mol. The van der Waals surface area contributed by atoms with Gasteiger partial charge in [-0.1, -0.05) is 67.6 Å². The van der Waals surface area contributed by atoms with Crippen molar-refractivity contribution in [2.24, 2.45) is 11.7 Å². The highest BCUT2D eigenvalue weighted by Crippen LogP contribution is 2.30. The molecule has 0 bridgehead atoms. The van der Waals surface area contributed by atoms with Crippen molar-refractivity contribution >= 4 is 5.91 Å². The van der Waals surface area contributed by atoms with Crippen LogP contribution in [0.25, 0.3) is 0 Å². The van der Waals surface area contributed by atoms with E-state index in [0.717, 1.165) is 30.5 Å². The van der Waals surface area contributed by atoms with Crippen molar-refractivity contribution in [1.82, 2.24) is 4.90 Å². The zero-order valence-corrected chi connectivity index (χ0v) is 15.3. The third-order valence-electron chi connectivity index (χ3n) is 5.45. The van der Waals surface area contributed by atoms with Crippen LogP contribution in [0, 0.1) is 5.92 Å². The highest BCUT2D eigenvalue weighted by Gasteiger charge is 2.35. The van der Waals surface area contributed by atoms with Gasteiger partial charge in [-0.2, -0.15) is 0 Å². The van der Waals surface area contributed by atoms with Crippen LogP contribution in [0.15, 0.2) is 60.7 Å². The molecule has 0 saturated carbocycles. The Morgan fingerprint density at radius 3 is 2.31 bits per heavy atom. The molecule has 2 aromatic carbocycles. The SMILES string of the molecule is CC(C(=O)N1CCCC1CC(O)c1ccccc1)C(N)c1ccccc1. The van der Waals surface area contributed by atoms with Crippen LogP contribution >= 0.6 is 0 Å². The molecule has 4 unspecified atom stereocenters. The van der Waals surface area contributed by atoms with E-state index in [1.165, 1.54) is 0 Å². The van der Waals surface area contributed by atoms with Crippen LogP contribution in [0.1, 0.15) is 49.5 Å². The molecule has 1 aliphatic heterocycles. The topological polar surface area (TPSA) is 66.6 Å². The minimum absolute atomic E-state index is 0.0723. The van der Waals surface area contributed by atoms with Crippen molar-refractivity contribution in [2.75, 3.05) is 6.54 Å². The molecule has 26 heavy (non-hydrogen) atoms. The number of rotatable bonds is 6. The molecule has 0 spiro atoms. The fourth-order valence-electron chi connectivity index (χ4n) is 3.82. The van der Waals surface area contributed by atoms with E-state index in [9.17, 15) is 9.90 Å². The van der Waals surface area contributed by atoms with Crippen molar-refractivity contribution in [3.05, 3.63) is 71.8 Å². The van der Waals surface area contributed by atoms with E-state index in [1.54, 1.807) is 0 Å². The Morgan fingerprint density at radius 2 is 1.69 bits per heavy atom. The molecule has 4 nitrogen and oxygen atoms in total. The number of likely N-dealkylation sites (tertiary alicyclic amines) is 1. The monoisotopic (exact) mass is 352 g/mol. The number of carbonyl (C=O) groups excluding carboxylic acids is 1. The number of amides is 1. The van der Waals surface area contributed by atoms with Gasteiger partial charge in [-0.05, 0) is 30.4 Å². The van der Waals surface area contributed by atoms with Gasteiger partial charge < -0.3 is 15.7 Å². The zero-order chi connectivity index (χ0) is 18.5. The van der Waals surface area contributed by atoms with E-state index < -0.39 is 6.10 Å². The maximum absolute atomic E-state index is 13.1. The number of aliphatic hydroxyl groups excluding tert-OH is 1. The zero-order valence-electron chi connectivity index (χ0n) is 15.3. The number of nitrogens with zero attached hydrogens (tertiary/aromatic N) is 1. The van der Waals surface area contributed by atoms with Gasteiger partial charge in [-0.15, -0.1) is 0 Å². The van der Waals surface area contributed by atoms with Crippen LogP contribution in [0.4, 0.5) is 0 Å². The van der Waals surface area contributed by atoms with Crippen LogP contribution in [-0.2, 0) is 4.79 Å². The number of hydrogen-bond acceptors (Lipinski definition) is 3. The third-order valence-corrected chi connectivity index (χ3v) is 5.45. The second-order valence-corrected chi connectivity index (χ2v) is 7.22. The van der Waals surface area contributed by atoms with Gasteiger partial charge in [0.2, 0.25) is 5.91 Å². The smallest absolute Gasteiger partial charge is 0.227 e. The first kappa shape index (κ1) is 18.6. The molecular formula is C22H28N2O2. The molecule has 3 rings (SSSR count). The molecule has 0 aliphatic carbocycles. The summed E-state index contributed by atoms with van der Waals surface area (Å²) in [5.41, 5.74) is 8.23. The fraction of sp³-hybridized carbons (Fsp3) is 0.409. The molecule has 1 saturated heterocycles. The van der Waals surface area contributed by atoms with Crippen LogP contribution in [0.3, 0.4) is 0 Å². The number of hydrogen-bond donors (Lipinski definition) is 2. The van der Waals surface area contributed by atoms with Crippen molar-refractivity contribution in [2.45, 2.75) is 44.4 Å². The molecule has 2 aromatic rings. The third kappa shape index (κ3) is 4.14. The van der Waals surface area contributed by atoms with Crippen LogP contribution in [-0.4, -0.2) is 28.5 Å². The predicted octanol–water partition coefficient (Wildman–Crippen LogP) is 3.44. The van der Waals surface area contributed by atoms with Gasteiger partial charge in [0, 0.05) is 18.6 Å². The summed E-state index contributed by atoms with van der Waals surface area (Å²) in [6.07, 6.45) is 1.93. The normalized spacial score (nSPS) is 20.6. The first-order chi connectivity index (χ1) is 12.6. The summed E-state index contributed by atoms with van der Waals surface area (Å²) in [5.74, 6) is -0.198. The molecule has 3 N–H and O–H groups in total. The Kier molecular flexibility index (Phi) is 6.07. The number of aliphatic hydroxyl groups is 1. The van der Waals surface area contributed by atoms with Gasteiger partial charge in [0.05, 0.1) is 12.0 Å². The molecule has 4 atom stereocenters. The maximum atomic E-state index is 13.1. The summed E-state index contributed by atoms with van der Waals surface area (Å²) >= 11 is 0. The van der Waals surface area contributed by atoms with E-state index >= 15 is 0 Å². The molecule has 0 aromatic heterocycles. The van der Waals surface area contributed by atoms with E-state index in [0.29, 0.717) is 6.42 Å². The Morgan fingerprint density at radius 1 is 1.12 bits per heavy atom. The quantitative estimate of drug-likeness (QED) is 0.837. The number of carbonyl (C=O) groups is 1. The highest BCUT2D eigenvalue weighted by atomic mass is 16.3. The lowest BCUT2D eigenvalue weighted by Gasteiger charge is -2.31. The summed E-state index contributed by atoms with van der Waals surface area (Å²) in [6, 6.07) is 19.2. The van der Waals surface area contributed by atoms with Crippen molar-refractivity contribution in [3.63, 3.8) is 0 Å². The minimum atomic E-state index is -0.548. The molecule has 138 valence electrons. The van der Waals surface area contributed by atoms with Crippen molar-refractivity contribution < 1.29 is 9.90 Å². The Balaban J connectivity index is 1.66. The maximum Gasteiger partial charge on any atom is 0.227 e.